The Morgan fingerprint density at radius 3 is 2.53 bits per heavy atom. The maximum absolute atomic E-state index is 12.5. The van der Waals surface area contributed by atoms with Crippen LogP contribution in [-0.2, 0) is 11.0 Å². The van der Waals surface area contributed by atoms with Gasteiger partial charge < -0.3 is 0 Å². The molecule has 80 valence electrons. The molecule has 0 aliphatic heterocycles. The normalized spacial score (nSPS) is 17.0. The predicted octanol–water partition coefficient (Wildman–Crippen LogP) is 3.51. The van der Waals surface area contributed by atoms with Crippen LogP contribution in [0, 0.1) is 0 Å². The van der Waals surface area contributed by atoms with E-state index in [4.69, 9.17) is 0 Å². The second-order valence-corrected chi connectivity index (χ2v) is 4.02. The molecule has 0 bridgehead atoms. The highest BCUT2D eigenvalue weighted by Crippen LogP contribution is 2.39. The van der Waals surface area contributed by atoms with Gasteiger partial charge in [0.2, 0.25) is 0 Å². The van der Waals surface area contributed by atoms with E-state index in [9.17, 15) is 18.0 Å². The van der Waals surface area contributed by atoms with Crippen molar-refractivity contribution in [3.63, 3.8) is 0 Å². The molecule has 0 N–H and O–H groups in total. The van der Waals surface area contributed by atoms with Gasteiger partial charge in [0.1, 0.15) is 0 Å². The molecule has 1 aromatic heterocycles. The van der Waals surface area contributed by atoms with Crippen LogP contribution < -0.4 is 0 Å². The zero-order chi connectivity index (χ0) is 11.1. The first kappa shape index (κ1) is 10.4. The zero-order valence-electron chi connectivity index (χ0n) is 7.60. The minimum absolute atomic E-state index is 0.0370. The van der Waals surface area contributed by atoms with Crippen LogP contribution in [0.3, 0.4) is 0 Å². The summed E-state index contributed by atoms with van der Waals surface area (Å²) in [5.74, 6) is -0.195. The van der Waals surface area contributed by atoms with Gasteiger partial charge in [0.15, 0.2) is 5.78 Å². The second-order valence-electron chi connectivity index (χ2n) is 3.28. The fourth-order valence-corrected chi connectivity index (χ4v) is 2.44. The number of hydrogen-bond donors (Lipinski definition) is 0. The number of ketones is 1. The Kier molecular flexibility index (Phi) is 2.42. The summed E-state index contributed by atoms with van der Waals surface area (Å²) in [4.78, 5) is 11.3. The first-order valence-electron chi connectivity index (χ1n) is 4.37. The van der Waals surface area contributed by atoms with Gasteiger partial charge in [0, 0.05) is 22.9 Å². The zero-order valence-corrected chi connectivity index (χ0v) is 8.41. The molecule has 1 nitrogen and oxygen atoms in total. The molecule has 15 heavy (non-hydrogen) atoms. The fraction of sp³-hybridized carbons (Fsp3) is 0.300. The number of carbonyl (C=O) groups is 1. The van der Waals surface area contributed by atoms with E-state index in [0.717, 1.165) is 16.7 Å². The number of Topliss-reactive ketones (excluding diaryl/α,β-unsaturated/α-hetero) is 1. The van der Waals surface area contributed by atoms with Crippen LogP contribution in [0.25, 0.3) is 5.57 Å². The second kappa shape index (κ2) is 3.48. The third kappa shape index (κ3) is 1.84. The molecule has 1 aliphatic rings. The number of carbonyl (C=O) groups excluding carboxylic acids is 1. The molecule has 5 heteroatoms. The monoisotopic (exact) mass is 232 g/mol. The van der Waals surface area contributed by atoms with Gasteiger partial charge in [0.25, 0.3) is 0 Å². The van der Waals surface area contributed by atoms with E-state index < -0.39 is 11.7 Å². The third-order valence-electron chi connectivity index (χ3n) is 2.28. The van der Waals surface area contributed by atoms with Crippen molar-refractivity contribution >= 4 is 22.7 Å². The molecular weight excluding hydrogens is 225 g/mol. The van der Waals surface area contributed by atoms with Crippen molar-refractivity contribution in [1.29, 1.82) is 0 Å². The Bertz CT molecular complexity index is 428. The van der Waals surface area contributed by atoms with Crippen LogP contribution in [0.5, 0.6) is 0 Å². The van der Waals surface area contributed by atoms with Crippen LogP contribution in [0.15, 0.2) is 16.8 Å². The van der Waals surface area contributed by atoms with E-state index in [0.29, 0.717) is 12.8 Å². The summed E-state index contributed by atoms with van der Waals surface area (Å²) in [7, 11) is 0. The molecule has 0 radical (unpaired) electrons. The first-order valence-corrected chi connectivity index (χ1v) is 5.31. The summed E-state index contributed by atoms with van der Waals surface area (Å²) in [6.45, 7) is 0. The Morgan fingerprint density at radius 1 is 1.27 bits per heavy atom. The number of allylic oxidation sites excluding steroid dienone is 2. The van der Waals surface area contributed by atoms with Gasteiger partial charge in [-0.2, -0.15) is 24.5 Å². The van der Waals surface area contributed by atoms with E-state index in [-0.39, 0.29) is 16.9 Å². The van der Waals surface area contributed by atoms with E-state index in [1.165, 1.54) is 5.38 Å². The summed E-state index contributed by atoms with van der Waals surface area (Å²) in [6, 6.07) is 0. The van der Waals surface area contributed by atoms with Gasteiger partial charge in [0.05, 0.1) is 5.56 Å². The van der Waals surface area contributed by atoms with E-state index in [1.807, 2.05) is 0 Å². The van der Waals surface area contributed by atoms with Crippen LogP contribution in [0.2, 0.25) is 0 Å². The minimum atomic E-state index is -4.38. The SMILES string of the molecule is O=C1CCC=C1c1cscc1C(F)(F)F. The first-order chi connectivity index (χ1) is 7.00. The van der Waals surface area contributed by atoms with E-state index >= 15 is 0 Å². The van der Waals surface area contributed by atoms with E-state index in [2.05, 4.69) is 0 Å². The highest BCUT2D eigenvalue weighted by Gasteiger charge is 2.36. The summed E-state index contributed by atoms with van der Waals surface area (Å²) in [5, 5.41) is 2.43. The van der Waals surface area contributed by atoms with Crippen LogP contribution in [-0.4, -0.2) is 5.78 Å². The molecular formula is C10H7F3OS. The molecule has 1 aromatic rings. The molecule has 0 unspecified atom stereocenters. The van der Waals surface area contributed by atoms with Crippen molar-refractivity contribution in [2.45, 2.75) is 19.0 Å². The van der Waals surface area contributed by atoms with Crippen molar-refractivity contribution in [1.82, 2.24) is 0 Å². The lowest BCUT2D eigenvalue weighted by Crippen LogP contribution is -2.07. The number of rotatable bonds is 1. The van der Waals surface area contributed by atoms with Gasteiger partial charge in [-0.15, -0.1) is 0 Å². The van der Waals surface area contributed by atoms with Crippen LogP contribution in [0.1, 0.15) is 24.0 Å². The minimum Gasteiger partial charge on any atom is -0.294 e. The smallest absolute Gasteiger partial charge is 0.294 e. The Hall–Kier alpha value is -1.10. The molecule has 0 amide bonds. The quantitative estimate of drug-likeness (QED) is 0.724. The number of hydrogen-bond acceptors (Lipinski definition) is 2. The van der Waals surface area contributed by atoms with Crippen molar-refractivity contribution in [2.24, 2.45) is 0 Å². The number of thiophene rings is 1. The lowest BCUT2D eigenvalue weighted by atomic mass is 10.0. The van der Waals surface area contributed by atoms with Crippen molar-refractivity contribution in [3.05, 3.63) is 28.0 Å². The maximum Gasteiger partial charge on any atom is 0.417 e. The molecule has 0 saturated heterocycles. The van der Waals surface area contributed by atoms with E-state index in [1.54, 1.807) is 6.08 Å². The molecule has 0 fully saturated rings. The Labute approximate surface area is 88.2 Å². The summed E-state index contributed by atoms with van der Waals surface area (Å²) >= 11 is 0.969. The average Bonchev–Trinajstić information content (AvgIpc) is 2.69. The Morgan fingerprint density at radius 2 is 2.00 bits per heavy atom. The van der Waals surface area contributed by atoms with Crippen LogP contribution >= 0.6 is 11.3 Å². The highest BCUT2D eigenvalue weighted by atomic mass is 32.1. The standard InChI is InChI=1S/C10H7F3OS/c11-10(12,13)8-5-15-4-7(8)6-2-1-3-9(6)14/h2,4-5H,1,3H2. The largest absolute Gasteiger partial charge is 0.417 e. The molecule has 0 atom stereocenters. The van der Waals surface area contributed by atoms with Gasteiger partial charge in [-0.05, 0) is 11.8 Å². The molecule has 0 saturated carbocycles. The van der Waals surface area contributed by atoms with Gasteiger partial charge in [-0.1, -0.05) is 6.08 Å². The third-order valence-corrected chi connectivity index (χ3v) is 3.02. The predicted molar refractivity (Wildman–Crippen MR) is 51.5 cm³/mol. The summed E-state index contributed by atoms with van der Waals surface area (Å²) in [5.41, 5.74) is -0.437. The van der Waals surface area contributed by atoms with Gasteiger partial charge in [-0.3, -0.25) is 4.79 Å². The van der Waals surface area contributed by atoms with Crippen molar-refractivity contribution in [3.8, 4) is 0 Å². The summed E-state index contributed by atoms with van der Waals surface area (Å²) in [6.07, 6.45) is -1.93. The lowest BCUT2D eigenvalue weighted by molar-refractivity contribution is -0.137. The lowest BCUT2D eigenvalue weighted by Gasteiger charge is -2.07. The average molecular weight is 232 g/mol. The van der Waals surface area contributed by atoms with Gasteiger partial charge >= 0.3 is 6.18 Å². The van der Waals surface area contributed by atoms with Crippen LogP contribution in [0.4, 0.5) is 13.2 Å². The Balaban J connectivity index is 2.46. The van der Waals surface area contributed by atoms with Crippen molar-refractivity contribution in [2.75, 3.05) is 0 Å². The highest BCUT2D eigenvalue weighted by molar-refractivity contribution is 7.08. The molecule has 2 rings (SSSR count). The topological polar surface area (TPSA) is 17.1 Å². The van der Waals surface area contributed by atoms with Gasteiger partial charge in [-0.25, -0.2) is 0 Å². The fourth-order valence-electron chi connectivity index (χ4n) is 1.58. The molecule has 0 spiro atoms. The number of alkyl halides is 3. The molecule has 1 aliphatic carbocycles. The van der Waals surface area contributed by atoms with Crippen molar-refractivity contribution < 1.29 is 18.0 Å². The number of halogens is 3. The maximum atomic E-state index is 12.5. The summed E-state index contributed by atoms with van der Waals surface area (Å²) < 4.78 is 37.6. The molecule has 1 heterocycles. The molecule has 0 aromatic carbocycles.